The van der Waals surface area contributed by atoms with Crippen LogP contribution >= 0.6 is 7.82 Å². The van der Waals surface area contributed by atoms with Gasteiger partial charge in [-0.1, -0.05) is 118 Å². The first kappa shape index (κ1) is 50.6. The summed E-state index contributed by atoms with van der Waals surface area (Å²) < 4.78 is 32.5. The Kier molecular flexibility index (Phi) is 35.5. The highest BCUT2D eigenvalue weighted by atomic mass is 31.2. The molecule has 0 aromatic heterocycles. The standard InChI is InChI=1S/C43H68NO9P/c1-3-5-7-8-9-10-11-12-13-14-17-21-24-27-31-35-43(47)53-41(39-52-54(48,49)51-37-36-44)38-50-42(46)34-30-26-23-20-18-15-16-19-22-25-29-33-40(45)32-28-6-4-2/h5,7,9-10,12-13,15-17,20-23,25,29,33,41H,3-4,6,8,11,14,18-19,24,26-28,30-32,34-39,44H2,1-2H3,(H,48,49)/b7-5-,10-9-,13-12-,16-15-,21-17-,23-20-,25-22-,33-29+/t41-/m1/s1. The average molecular weight is 774 g/mol. The van der Waals surface area contributed by atoms with Gasteiger partial charge >= 0.3 is 19.8 Å². The third-order valence-electron chi connectivity index (χ3n) is 7.43. The van der Waals surface area contributed by atoms with Crippen LogP contribution in [0.3, 0.4) is 0 Å². The molecule has 0 saturated heterocycles. The first-order chi connectivity index (χ1) is 26.2. The fourth-order valence-corrected chi connectivity index (χ4v) is 5.28. The maximum atomic E-state index is 12.5. The predicted molar refractivity (Wildman–Crippen MR) is 220 cm³/mol. The maximum absolute atomic E-state index is 12.5. The van der Waals surface area contributed by atoms with Crippen molar-refractivity contribution in [3.8, 4) is 0 Å². The number of allylic oxidation sites excluding steroid dienone is 16. The van der Waals surface area contributed by atoms with Gasteiger partial charge in [0.05, 0.1) is 13.2 Å². The number of carbonyl (C=O) groups is 3. The zero-order valence-electron chi connectivity index (χ0n) is 32.9. The third-order valence-corrected chi connectivity index (χ3v) is 8.41. The second-order valence-corrected chi connectivity index (χ2v) is 13.9. The Bertz CT molecular complexity index is 1260. The van der Waals surface area contributed by atoms with Gasteiger partial charge < -0.3 is 20.1 Å². The van der Waals surface area contributed by atoms with Crippen molar-refractivity contribution in [2.45, 2.75) is 129 Å². The Labute approximate surface area is 325 Å². The van der Waals surface area contributed by atoms with Gasteiger partial charge in [0.1, 0.15) is 6.61 Å². The minimum Gasteiger partial charge on any atom is -0.462 e. The molecule has 0 heterocycles. The quantitative estimate of drug-likeness (QED) is 0.0159. The molecule has 0 aromatic rings. The highest BCUT2D eigenvalue weighted by molar-refractivity contribution is 7.47. The average Bonchev–Trinajstić information content (AvgIpc) is 3.15. The summed E-state index contributed by atoms with van der Waals surface area (Å²) >= 11 is 0. The number of unbranched alkanes of at least 4 members (excludes halogenated alkanes) is 5. The molecule has 54 heavy (non-hydrogen) atoms. The van der Waals surface area contributed by atoms with Crippen LogP contribution in [-0.2, 0) is 37.5 Å². The first-order valence-corrected chi connectivity index (χ1v) is 21.2. The number of hydrogen-bond acceptors (Lipinski definition) is 9. The number of ketones is 1. The van der Waals surface area contributed by atoms with Crippen molar-refractivity contribution in [1.82, 2.24) is 0 Å². The SMILES string of the molecule is CC/C=C\C/C=C\C/C=C\C/C=C\CCCCC(=O)O[C@H](COC(=O)CCC/C=C\C/C=C\C/C=C\C=C\C(=O)CCCCC)COP(=O)(O)OCCN. The Morgan fingerprint density at radius 2 is 1.19 bits per heavy atom. The van der Waals surface area contributed by atoms with E-state index in [1.54, 1.807) is 12.2 Å². The van der Waals surface area contributed by atoms with Gasteiger partial charge in [0.25, 0.3) is 0 Å². The van der Waals surface area contributed by atoms with Crippen molar-refractivity contribution in [2.24, 2.45) is 5.73 Å². The zero-order valence-corrected chi connectivity index (χ0v) is 33.8. The van der Waals surface area contributed by atoms with Crippen LogP contribution < -0.4 is 5.73 Å². The largest absolute Gasteiger partial charge is 0.472 e. The number of esters is 2. The number of carbonyl (C=O) groups excluding carboxylic acids is 3. The van der Waals surface area contributed by atoms with E-state index in [0.717, 1.165) is 70.6 Å². The van der Waals surface area contributed by atoms with Gasteiger partial charge in [-0.15, -0.1) is 0 Å². The van der Waals surface area contributed by atoms with Crippen LogP contribution in [0.1, 0.15) is 123 Å². The van der Waals surface area contributed by atoms with E-state index < -0.39 is 32.5 Å². The molecule has 0 fully saturated rings. The van der Waals surface area contributed by atoms with Crippen LogP contribution in [0.5, 0.6) is 0 Å². The van der Waals surface area contributed by atoms with Gasteiger partial charge in [0.2, 0.25) is 0 Å². The number of ether oxygens (including phenoxy) is 2. The van der Waals surface area contributed by atoms with Crippen LogP contribution in [-0.4, -0.2) is 55.1 Å². The molecule has 0 aromatic carbocycles. The molecule has 0 spiro atoms. The normalized spacial score (nSPS) is 14.3. The topological polar surface area (TPSA) is 151 Å². The van der Waals surface area contributed by atoms with E-state index in [2.05, 4.69) is 74.6 Å². The molecule has 11 heteroatoms. The number of hydrogen-bond donors (Lipinski definition) is 2. The van der Waals surface area contributed by atoms with Crippen molar-refractivity contribution in [1.29, 1.82) is 0 Å². The van der Waals surface area contributed by atoms with Crippen LogP contribution in [0.15, 0.2) is 97.2 Å². The molecule has 0 rings (SSSR count). The molecule has 1 unspecified atom stereocenters. The van der Waals surface area contributed by atoms with E-state index in [1.807, 2.05) is 24.3 Å². The predicted octanol–water partition coefficient (Wildman–Crippen LogP) is 10.2. The maximum Gasteiger partial charge on any atom is 0.472 e. The molecule has 0 bridgehead atoms. The summed E-state index contributed by atoms with van der Waals surface area (Å²) in [5, 5.41) is 0. The summed E-state index contributed by atoms with van der Waals surface area (Å²) in [6.45, 7) is 3.28. The lowest BCUT2D eigenvalue weighted by molar-refractivity contribution is -0.161. The fraction of sp³-hybridized carbons (Fsp3) is 0.558. The molecule has 0 aliphatic rings. The molecule has 3 N–H and O–H groups in total. The monoisotopic (exact) mass is 773 g/mol. The summed E-state index contributed by atoms with van der Waals surface area (Å²) in [6, 6.07) is 0. The fourth-order valence-electron chi connectivity index (χ4n) is 4.51. The third kappa shape index (κ3) is 36.9. The lowest BCUT2D eigenvalue weighted by Crippen LogP contribution is -2.29. The second kappa shape index (κ2) is 37.9. The molecule has 0 saturated carbocycles. The van der Waals surface area contributed by atoms with Gasteiger partial charge in [-0.3, -0.25) is 23.4 Å². The smallest absolute Gasteiger partial charge is 0.462 e. The van der Waals surface area contributed by atoms with Crippen molar-refractivity contribution >= 4 is 25.5 Å². The molecule has 0 radical (unpaired) electrons. The summed E-state index contributed by atoms with van der Waals surface area (Å²) in [4.78, 5) is 46.4. The highest BCUT2D eigenvalue weighted by Crippen LogP contribution is 2.43. The number of rotatable bonds is 35. The first-order valence-electron chi connectivity index (χ1n) is 19.7. The molecular formula is C43H68NO9P. The Morgan fingerprint density at radius 3 is 1.80 bits per heavy atom. The Hall–Kier alpha value is -3.40. The van der Waals surface area contributed by atoms with E-state index >= 15 is 0 Å². The summed E-state index contributed by atoms with van der Waals surface area (Å²) in [6.07, 6.45) is 44.3. The minimum atomic E-state index is -4.42. The zero-order chi connectivity index (χ0) is 39.8. The van der Waals surface area contributed by atoms with Crippen molar-refractivity contribution < 1.29 is 42.4 Å². The van der Waals surface area contributed by atoms with Gasteiger partial charge in [-0.2, -0.15) is 0 Å². The van der Waals surface area contributed by atoms with E-state index in [1.165, 1.54) is 0 Å². The van der Waals surface area contributed by atoms with Gasteiger partial charge in [0, 0.05) is 25.8 Å². The minimum absolute atomic E-state index is 0.0244. The van der Waals surface area contributed by atoms with Crippen molar-refractivity contribution in [3.63, 3.8) is 0 Å². The number of nitrogens with two attached hydrogens (primary N) is 1. The van der Waals surface area contributed by atoms with Crippen LogP contribution in [0, 0.1) is 0 Å². The summed E-state index contributed by atoms with van der Waals surface area (Å²) in [5.74, 6) is -0.827. The van der Waals surface area contributed by atoms with Crippen LogP contribution in [0.2, 0.25) is 0 Å². The van der Waals surface area contributed by atoms with E-state index in [4.69, 9.17) is 24.3 Å². The van der Waals surface area contributed by atoms with Crippen LogP contribution in [0.4, 0.5) is 0 Å². The molecule has 0 amide bonds. The lowest BCUT2D eigenvalue weighted by Gasteiger charge is -2.19. The lowest BCUT2D eigenvalue weighted by atomic mass is 10.1. The van der Waals surface area contributed by atoms with E-state index in [-0.39, 0.29) is 38.4 Å². The van der Waals surface area contributed by atoms with Gasteiger partial charge in [-0.25, -0.2) is 4.57 Å². The summed E-state index contributed by atoms with van der Waals surface area (Å²) in [7, 11) is -4.42. The molecule has 0 aliphatic carbocycles. The van der Waals surface area contributed by atoms with Crippen molar-refractivity contribution in [3.05, 3.63) is 97.2 Å². The number of phosphoric acid groups is 1. The van der Waals surface area contributed by atoms with Gasteiger partial charge in [-0.05, 0) is 83.1 Å². The molecule has 304 valence electrons. The van der Waals surface area contributed by atoms with E-state index in [0.29, 0.717) is 25.7 Å². The summed E-state index contributed by atoms with van der Waals surface area (Å²) in [5.41, 5.74) is 5.32. The van der Waals surface area contributed by atoms with E-state index in [9.17, 15) is 23.8 Å². The Morgan fingerprint density at radius 1 is 0.630 bits per heavy atom. The molecular weight excluding hydrogens is 705 g/mol. The second-order valence-electron chi connectivity index (χ2n) is 12.4. The molecule has 0 aliphatic heterocycles. The Balaban J connectivity index is 4.44. The highest BCUT2D eigenvalue weighted by Gasteiger charge is 2.25. The van der Waals surface area contributed by atoms with Gasteiger partial charge in [0.15, 0.2) is 11.9 Å². The number of phosphoric ester groups is 1. The molecule has 10 nitrogen and oxygen atoms in total. The van der Waals surface area contributed by atoms with Crippen LogP contribution in [0.25, 0.3) is 0 Å². The van der Waals surface area contributed by atoms with Crippen molar-refractivity contribution in [2.75, 3.05) is 26.4 Å². The molecule has 2 atom stereocenters.